The van der Waals surface area contributed by atoms with Crippen molar-refractivity contribution in [2.24, 2.45) is 5.41 Å². The van der Waals surface area contributed by atoms with Crippen LogP contribution in [0.1, 0.15) is 18.9 Å². The number of nitrogens with one attached hydrogen (secondary N) is 1. The van der Waals surface area contributed by atoms with Gasteiger partial charge in [-0.3, -0.25) is 9.59 Å². The van der Waals surface area contributed by atoms with Crippen LogP contribution in [0.15, 0.2) is 24.3 Å². The molecule has 1 aliphatic carbocycles. The average Bonchev–Trinajstić information content (AvgIpc) is 2.97. The van der Waals surface area contributed by atoms with E-state index in [1.165, 1.54) is 0 Å². The lowest BCUT2D eigenvalue weighted by Gasteiger charge is -2.11. The van der Waals surface area contributed by atoms with Crippen molar-refractivity contribution in [3.8, 4) is 6.07 Å². The van der Waals surface area contributed by atoms with Gasteiger partial charge in [0.2, 0.25) is 0 Å². The Balaban J connectivity index is 1.83. The van der Waals surface area contributed by atoms with Crippen LogP contribution in [0.3, 0.4) is 0 Å². The van der Waals surface area contributed by atoms with E-state index in [0.717, 1.165) is 0 Å². The molecule has 1 aliphatic rings. The Morgan fingerprint density at radius 3 is 2.43 bits per heavy atom. The number of benzene rings is 1. The van der Waals surface area contributed by atoms with Crippen LogP contribution in [0.5, 0.6) is 0 Å². The van der Waals surface area contributed by atoms with Crippen molar-refractivity contribution >= 4 is 40.8 Å². The number of ether oxygens (including phenoxy) is 1. The quantitative estimate of drug-likeness (QED) is 0.681. The highest BCUT2D eigenvalue weighted by Gasteiger charge is 2.69. The molecule has 110 valence electrons. The third kappa shape index (κ3) is 3.29. The maximum absolute atomic E-state index is 11.8. The van der Waals surface area contributed by atoms with E-state index in [0.29, 0.717) is 17.7 Å². The number of nitrogens with zero attached hydrogens (tertiary/aromatic N) is 1. The van der Waals surface area contributed by atoms with Crippen LogP contribution in [-0.2, 0) is 14.3 Å². The van der Waals surface area contributed by atoms with Crippen molar-refractivity contribution in [3.63, 3.8) is 0 Å². The van der Waals surface area contributed by atoms with Crippen LogP contribution in [0, 0.1) is 16.7 Å². The highest BCUT2D eigenvalue weighted by molar-refractivity contribution is 6.53. The van der Waals surface area contributed by atoms with E-state index in [4.69, 9.17) is 33.2 Å². The Labute approximate surface area is 131 Å². The second kappa shape index (κ2) is 5.55. The molecule has 5 nitrogen and oxygen atoms in total. The van der Waals surface area contributed by atoms with Crippen molar-refractivity contribution in [2.75, 3.05) is 11.9 Å². The van der Waals surface area contributed by atoms with Gasteiger partial charge in [0.15, 0.2) is 6.61 Å². The second-order valence-corrected chi connectivity index (χ2v) is 6.51. The molecule has 0 heterocycles. The first-order valence-corrected chi connectivity index (χ1v) is 6.89. The van der Waals surface area contributed by atoms with Crippen molar-refractivity contribution < 1.29 is 14.3 Å². The van der Waals surface area contributed by atoms with E-state index < -0.39 is 28.2 Å². The molecule has 21 heavy (non-hydrogen) atoms. The lowest BCUT2D eigenvalue weighted by atomic mass is 10.1. The van der Waals surface area contributed by atoms with Crippen molar-refractivity contribution in [2.45, 2.75) is 17.7 Å². The molecule has 2 rings (SSSR count). The SMILES string of the molecule is C[C@]1(C(=O)OCC(=O)Nc2ccc(C#N)cc2)CC1(Cl)Cl. The third-order valence-electron chi connectivity index (χ3n) is 3.34. The van der Waals surface area contributed by atoms with Gasteiger partial charge >= 0.3 is 5.97 Å². The standard InChI is InChI=1S/C14H12Cl2N2O3/c1-13(8-14(13,15)16)12(20)21-7-11(19)18-10-4-2-9(6-17)3-5-10/h2-5H,7-8H2,1H3,(H,18,19)/t13-/m1/s1. The number of hydrogen-bond acceptors (Lipinski definition) is 4. The zero-order valence-electron chi connectivity index (χ0n) is 11.2. The van der Waals surface area contributed by atoms with Gasteiger partial charge in [-0.05, 0) is 31.2 Å². The van der Waals surface area contributed by atoms with Gasteiger partial charge in [0, 0.05) is 12.1 Å². The molecular formula is C14H12Cl2N2O3. The minimum absolute atomic E-state index is 0.305. The summed E-state index contributed by atoms with van der Waals surface area (Å²) < 4.78 is 3.79. The topological polar surface area (TPSA) is 79.2 Å². The lowest BCUT2D eigenvalue weighted by molar-refractivity contribution is -0.152. The first kappa shape index (κ1) is 15.6. The summed E-state index contributed by atoms with van der Waals surface area (Å²) in [4.78, 5) is 23.4. The summed E-state index contributed by atoms with van der Waals surface area (Å²) in [6, 6.07) is 8.29. The fourth-order valence-corrected chi connectivity index (χ4v) is 2.43. The molecule has 1 aromatic rings. The summed E-state index contributed by atoms with van der Waals surface area (Å²) in [5, 5.41) is 11.2. The molecule has 7 heteroatoms. The number of carbonyl (C=O) groups is 2. The molecule has 1 aromatic carbocycles. The average molecular weight is 327 g/mol. The van der Waals surface area contributed by atoms with Crippen LogP contribution in [0.2, 0.25) is 0 Å². The number of hydrogen-bond donors (Lipinski definition) is 1. The largest absolute Gasteiger partial charge is 0.455 e. The highest BCUT2D eigenvalue weighted by atomic mass is 35.5. The molecule has 0 unspecified atom stereocenters. The highest BCUT2D eigenvalue weighted by Crippen LogP contribution is 2.64. The predicted octanol–water partition coefficient (Wildman–Crippen LogP) is 2.62. The Bertz CT molecular complexity index is 622. The van der Waals surface area contributed by atoms with E-state index in [1.54, 1.807) is 31.2 Å². The first-order valence-electron chi connectivity index (χ1n) is 6.13. The third-order valence-corrected chi connectivity index (χ3v) is 4.44. The van der Waals surface area contributed by atoms with E-state index in [1.807, 2.05) is 6.07 Å². The fourth-order valence-electron chi connectivity index (χ4n) is 1.74. The molecule has 1 atom stereocenters. The summed E-state index contributed by atoms with van der Waals surface area (Å²) in [6.07, 6.45) is 0.305. The van der Waals surface area contributed by atoms with Gasteiger partial charge in [0.1, 0.15) is 9.75 Å². The molecule has 1 N–H and O–H groups in total. The Kier molecular flexibility index (Phi) is 4.13. The molecule has 0 bridgehead atoms. The minimum Gasteiger partial charge on any atom is -0.455 e. The van der Waals surface area contributed by atoms with Gasteiger partial charge in [-0.25, -0.2) is 0 Å². The summed E-state index contributed by atoms with van der Waals surface area (Å²) >= 11 is 11.7. The van der Waals surface area contributed by atoms with Crippen molar-refractivity contribution in [1.82, 2.24) is 0 Å². The van der Waals surface area contributed by atoms with Crippen molar-refractivity contribution in [3.05, 3.63) is 29.8 Å². The zero-order chi connectivity index (χ0) is 15.7. The maximum atomic E-state index is 11.8. The van der Waals surface area contributed by atoms with Crippen LogP contribution >= 0.6 is 23.2 Å². The van der Waals surface area contributed by atoms with E-state index >= 15 is 0 Å². The molecule has 0 saturated heterocycles. The normalized spacial score (nSPS) is 22.0. The van der Waals surface area contributed by atoms with Crippen LogP contribution in [0.25, 0.3) is 0 Å². The molecule has 0 aliphatic heterocycles. The summed E-state index contributed by atoms with van der Waals surface area (Å²) in [5.74, 6) is -1.07. The molecule has 1 fully saturated rings. The Morgan fingerprint density at radius 2 is 1.95 bits per heavy atom. The molecule has 0 spiro atoms. The van der Waals surface area contributed by atoms with Crippen LogP contribution in [-0.4, -0.2) is 22.8 Å². The van der Waals surface area contributed by atoms with Crippen LogP contribution < -0.4 is 5.32 Å². The maximum Gasteiger partial charge on any atom is 0.315 e. The fraction of sp³-hybridized carbons (Fsp3) is 0.357. The number of halogens is 2. The Morgan fingerprint density at radius 1 is 1.38 bits per heavy atom. The van der Waals surface area contributed by atoms with E-state index in [9.17, 15) is 9.59 Å². The number of nitriles is 1. The zero-order valence-corrected chi connectivity index (χ0v) is 12.7. The summed E-state index contributed by atoms with van der Waals surface area (Å²) in [7, 11) is 0. The lowest BCUT2D eigenvalue weighted by Crippen LogP contribution is -2.26. The monoisotopic (exact) mass is 326 g/mol. The van der Waals surface area contributed by atoms with Gasteiger partial charge in [-0.1, -0.05) is 0 Å². The summed E-state index contributed by atoms with van der Waals surface area (Å²) in [5.41, 5.74) is 0.0450. The van der Waals surface area contributed by atoms with Gasteiger partial charge in [-0.15, -0.1) is 23.2 Å². The van der Waals surface area contributed by atoms with Gasteiger partial charge < -0.3 is 10.1 Å². The minimum atomic E-state index is -1.12. The van der Waals surface area contributed by atoms with E-state index in [-0.39, 0.29) is 0 Å². The number of amides is 1. The molecule has 0 aromatic heterocycles. The van der Waals surface area contributed by atoms with Gasteiger partial charge in [-0.2, -0.15) is 5.26 Å². The smallest absolute Gasteiger partial charge is 0.315 e. The van der Waals surface area contributed by atoms with Crippen LogP contribution in [0.4, 0.5) is 5.69 Å². The molecule has 0 radical (unpaired) electrons. The molecule has 1 amide bonds. The Hall–Kier alpha value is -1.77. The van der Waals surface area contributed by atoms with E-state index in [2.05, 4.69) is 5.32 Å². The number of esters is 1. The van der Waals surface area contributed by atoms with Gasteiger partial charge in [0.05, 0.1) is 11.6 Å². The second-order valence-electron chi connectivity index (χ2n) is 5.03. The van der Waals surface area contributed by atoms with Gasteiger partial charge in [0.25, 0.3) is 5.91 Å². The number of carbonyl (C=O) groups excluding carboxylic acids is 2. The first-order chi connectivity index (χ1) is 9.78. The molecular weight excluding hydrogens is 315 g/mol. The summed E-state index contributed by atoms with van der Waals surface area (Å²) in [6.45, 7) is 1.17. The molecule has 1 saturated carbocycles. The number of rotatable bonds is 4. The number of alkyl halides is 2. The predicted molar refractivity (Wildman–Crippen MR) is 77.9 cm³/mol. The van der Waals surface area contributed by atoms with Crippen molar-refractivity contribution in [1.29, 1.82) is 5.26 Å². The number of anilines is 1.